The molecule has 0 spiro atoms. The molecule has 0 aromatic heterocycles. The molecule has 0 aliphatic rings. The van der Waals surface area contributed by atoms with Crippen LogP contribution in [0.4, 0.5) is 11.4 Å². The molecule has 0 fully saturated rings. The molecule has 1 N–H and O–H groups in total. The Labute approximate surface area is 116 Å². The Morgan fingerprint density at radius 1 is 1.42 bits per heavy atom. The van der Waals surface area contributed by atoms with Crippen LogP contribution in [0.25, 0.3) is 0 Å². The molecule has 0 heterocycles. The third kappa shape index (κ3) is 4.34. The largest absolute Gasteiger partial charge is 0.378 e. The summed E-state index contributed by atoms with van der Waals surface area (Å²) in [6.07, 6.45) is 0. The van der Waals surface area contributed by atoms with Gasteiger partial charge in [-0.3, -0.25) is 10.1 Å². The average Bonchev–Trinajstić information content (AvgIpc) is 2.28. The fraction of sp³-hybridized carbons (Fsp3) is 0.400. The number of halogens is 1. The minimum Gasteiger partial charge on any atom is -0.378 e. The Kier molecular flexibility index (Phi) is 5.10. The monoisotopic (exact) mass is 307 g/mol. The van der Waals surface area contributed by atoms with Crippen LogP contribution in [0.2, 0.25) is 5.02 Å². The van der Waals surface area contributed by atoms with E-state index in [1.807, 2.05) is 0 Å². The van der Waals surface area contributed by atoms with E-state index in [0.29, 0.717) is 5.02 Å². The van der Waals surface area contributed by atoms with E-state index in [1.54, 1.807) is 0 Å². The average molecular weight is 308 g/mol. The van der Waals surface area contributed by atoms with E-state index in [1.165, 1.54) is 32.3 Å². The Bertz CT molecular complexity index is 574. The zero-order chi connectivity index (χ0) is 14.6. The van der Waals surface area contributed by atoms with E-state index in [0.717, 1.165) is 4.31 Å². The summed E-state index contributed by atoms with van der Waals surface area (Å²) < 4.78 is 24.2. The minimum atomic E-state index is -3.34. The molecule has 0 bridgehead atoms. The second-order valence-electron chi connectivity index (χ2n) is 3.94. The zero-order valence-corrected chi connectivity index (χ0v) is 12.0. The van der Waals surface area contributed by atoms with Gasteiger partial charge in [0.05, 0.1) is 10.7 Å². The van der Waals surface area contributed by atoms with Crippen molar-refractivity contribution >= 4 is 33.0 Å². The van der Waals surface area contributed by atoms with Gasteiger partial charge in [0.15, 0.2) is 0 Å². The number of rotatable bonds is 6. The Hall–Kier alpha value is -1.38. The summed E-state index contributed by atoms with van der Waals surface area (Å²) in [5.41, 5.74) is 0.0538. The molecule has 7 nitrogen and oxygen atoms in total. The van der Waals surface area contributed by atoms with Gasteiger partial charge in [0, 0.05) is 31.7 Å². The maximum absolute atomic E-state index is 11.5. The van der Waals surface area contributed by atoms with Crippen molar-refractivity contribution in [1.82, 2.24) is 4.31 Å². The van der Waals surface area contributed by atoms with Crippen LogP contribution in [-0.2, 0) is 10.0 Å². The molecule has 0 saturated carbocycles. The highest BCUT2D eigenvalue weighted by atomic mass is 35.5. The zero-order valence-electron chi connectivity index (χ0n) is 10.5. The first-order chi connectivity index (χ1) is 8.74. The molecule has 9 heteroatoms. The number of anilines is 1. The number of benzene rings is 1. The molecule has 1 aromatic carbocycles. The highest BCUT2D eigenvalue weighted by molar-refractivity contribution is 7.89. The minimum absolute atomic E-state index is 0.0572. The van der Waals surface area contributed by atoms with Crippen LogP contribution in [0.3, 0.4) is 0 Å². The fourth-order valence-corrected chi connectivity index (χ4v) is 2.20. The van der Waals surface area contributed by atoms with Gasteiger partial charge in [0.2, 0.25) is 10.0 Å². The molecule has 0 atom stereocenters. The number of nitrogens with one attached hydrogen (secondary N) is 1. The van der Waals surface area contributed by atoms with Crippen LogP contribution in [0, 0.1) is 10.1 Å². The van der Waals surface area contributed by atoms with Crippen LogP contribution in [0.1, 0.15) is 0 Å². The van der Waals surface area contributed by atoms with Crippen molar-refractivity contribution in [3.05, 3.63) is 33.3 Å². The lowest BCUT2D eigenvalue weighted by Gasteiger charge is -2.12. The highest BCUT2D eigenvalue weighted by Gasteiger charge is 2.16. The van der Waals surface area contributed by atoms with Gasteiger partial charge in [0.25, 0.3) is 5.69 Å². The Morgan fingerprint density at radius 2 is 2.05 bits per heavy atom. The second kappa shape index (κ2) is 6.18. The number of nitro benzene ring substituents is 1. The van der Waals surface area contributed by atoms with E-state index in [2.05, 4.69) is 5.32 Å². The van der Waals surface area contributed by atoms with E-state index in [-0.39, 0.29) is 23.7 Å². The van der Waals surface area contributed by atoms with Crippen molar-refractivity contribution < 1.29 is 13.3 Å². The molecular weight excluding hydrogens is 294 g/mol. The van der Waals surface area contributed by atoms with Crippen LogP contribution in [0.15, 0.2) is 18.2 Å². The van der Waals surface area contributed by atoms with Gasteiger partial charge in [-0.2, -0.15) is 0 Å². The Morgan fingerprint density at radius 3 is 2.58 bits per heavy atom. The third-order valence-electron chi connectivity index (χ3n) is 2.39. The predicted octanol–water partition coefficient (Wildman–Crippen LogP) is 1.55. The molecule has 106 valence electrons. The predicted molar refractivity (Wildman–Crippen MR) is 74.1 cm³/mol. The first kappa shape index (κ1) is 15.7. The molecule has 0 radical (unpaired) electrons. The normalized spacial score (nSPS) is 11.6. The molecule has 1 rings (SSSR count). The summed E-state index contributed by atoms with van der Waals surface area (Å²) in [4.78, 5) is 10.2. The summed E-state index contributed by atoms with van der Waals surface area (Å²) in [6, 6.07) is 4.06. The summed E-state index contributed by atoms with van der Waals surface area (Å²) >= 11 is 5.75. The molecule has 19 heavy (non-hydrogen) atoms. The summed E-state index contributed by atoms with van der Waals surface area (Å²) in [6.45, 7) is 0.0572. The summed E-state index contributed by atoms with van der Waals surface area (Å²) in [5.74, 6) is -0.163. The SMILES string of the molecule is CN(C)S(=O)(=O)CCNc1cc(Cl)ccc1[N+](=O)[O-]. The topological polar surface area (TPSA) is 92.6 Å². The number of hydrogen-bond acceptors (Lipinski definition) is 5. The molecule has 0 aliphatic carbocycles. The molecule has 0 unspecified atom stereocenters. The number of nitrogens with zero attached hydrogens (tertiary/aromatic N) is 2. The van der Waals surface area contributed by atoms with Gasteiger partial charge in [-0.05, 0) is 12.1 Å². The van der Waals surface area contributed by atoms with Gasteiger partial charge in [-0.1, -0.05) is 11.6 Å². The maximum Gasteiger partial charge on any atom is 0.292 e. The van der Waals surface area contributed by atoms with Crippen LogP contribution >= 0.6 is 11.6 Å². The second-order valence-corrected chi connectivity index (χ2v) is 6.68. The van der Waals surface area contributed by atoms with E-state index in [4.69, 9.17) is 11.6 Å². The maximum atomic E-state index is 11.5. The highest BCUT2D eigenvalue weighted by Crippen LogP contribution is 2.27. The van der Waals surface area contributed by atoms with E-state index >= 15 is 0 Å². The number of hydrogen-bond donors (Lipinski definition) is 1. The van der Waals surface area contributed by atoms with Crippen molar-refractivity contribution in [3.63, 3.8) is 0 Å². The first-order valence-corrected chi connectivity index (χ1v) is 7.31. The van der Waals surface area contributed by atoms with Gasteiger partial charge in [0.1, 0.15) is 5.69 Å². The third-order valence-corrected chi connectivity index (χ3v) is 4.45. The lowest BCUT2D eigenvalue weighted by molar-refractivity contribution is -0.384. The molecule has 0 saturated heterocycles. The van der Waals surface area contributed by atoms with E-state index in [9.17, 15) is 18.5 Å². The molecule has 0 amide bonds. The van der Waals surface area contributed by atoms with Gasteiger partial charge < -0.3 is 5.32 Å². The van der Waals surface area contributed by atoms with Crippen LogP contribution in [-0.4, -0.2) is 44.0 Å². The van der Waals surface area contributed by atoms with Crippen molar-refractivity contribution in [1.29, 1.82) is 0 Å². The van der Waals surface area contributed by atoms with Crippen molar-refractivity contribution in [2.75, 3.05) is 31.7 Å². The number of nitro groups is 1. The van der Waals surface area contributed by atoms with Crippen LogP contribution in [0.5, 0.6) is 0 Å². The van der Waals surface area contributed by atoms with Crippen molar-refractivity contribution in [2.45, 2.75) is 0 Å². The van der Waals surface area contributed by atoms with Crippen molar-refractivity contribution in [2.24, 2.45) is 0 Å². The standard InChI is InChI=1S/C10H14ClN3O4S/c1-13(2)19(17,18)6-5-12-9-7-8(11)3-4-10(9)14(15)16/h3-4,7,12H,5-6H2,1-2H3. The van der Waals surface area contributed by atoms with Gasteiger partial charge in [-0.15, -0.1) is 0 Å². The molecule has 0 aliphatic heterocycles. The molecular formula is C10H14ClN3O4S. The fourth-order valence-electron chi connectivity index (χ4n) is 1.31. The van der Waals surface area contributed by atoms with Crippen molar-refractivity contribution in [3.8, 4) is 0 Å². The van der Waals surface area contributed by atoms with Gasteiger partial charge >= 0.3 is 0 Å². The summed E-state index contributed by atoms with van der Waals surface area (Å²) in [5, 5.41) is 13.8. The quantitative estimate of drug-likeness (QED) is 0.636. The summed E-state index contributed by atoms with van der Waals surface area (Å²) in [7, 11) is -0.488. The lowest BCUT2D eigenvalue weighted by atomic mass is 10.2. The number of sulfonamides is 1. The molecule has 1 aromatic rings. The van der Waals surface area contributed by atoms with Crippen LogP contribution < -0.4 is 5.32 Å². The first-order valence-electron chi connectivity index (χ1n) is 5.32. The van der Waals surface area contributed by atoms with E-state index < -0.39 is 14.9 Å². The lowest BCUT2D eigenvalue weighted by Crippen LogP contribution is -2.28. The Balaban J connectivity index is 2.78. The van der Waals surface area contributed by atoms with Gasteiger partial charge in [-0.25, -0.2) is 12.7 Å². The smallest absolute Gasteiger partial charge is 0.292 e.